The Labute approximate surface area is 139 Å². The number of nitrogens with one attached hydrogen (secondary N) is 1. The van der Waals surface area contributed by atoms with Crippen molar-refractivity contribution in [1.82, 2.24) is 5.32 Å². The van der Waals surface area contributed by atoms with Crippen LogP contribution in [0.1, 0.15) is 27.9 Å². The second-order valence-corrected chi connectivity index (χ2v) is 5.77. The molecule has 1 aliphatic rings. The molecule has 0 bridgehead atoms. The highest BCUT2D eigenvalue weighted by atomic mass is 35.5. The van der Waals surface area contributed by atoms with Crippen molar-refractivity contribution < 1.29 is 14.3 Å². The lowest BCUT2D eigenvalue weighted by molar-refractivity contribution is -0.123. The molecular weight excluding hydrogens is 314 g/mol. The van der Waals surface area contributed by atoms with Crippen LogP contribution in [-0.2, 0) is 17.8 Å². The van der Waals surface area contributed by atoms with E-state index in [0.717, 1.165) is 11.1 Å². The molecule has 0 spiro atoms. The third-order valence-corrected chi connectivity index (χ3v) is 4.20. The SMILES string of the molecule is O=C(COc1cccc2c1CCC2=O)NCc1ccccc1Cl. The Kier molecular flexibility index (Phi) is 4.63. The maximum Gasteiger partial charge on any atom is 0.258 e. The lowest BCUT2D eigenvalue weighted by Gasteiger charge is -2.11. The van der Waals surface area contributed by atoms with Crippen LogP contribution >= 0.6 is 11.6 Å². The number of amides is 1. The van der Waals surface area contributed by atoms with Crippen LogP contribution in [0.3, 0.4) is 0 Å². The summed E-state index contributed by atoms with van der Waals surface area (Å²) in [4.78, 5) is 23.6. The van der Waals surface area contributed by atoms with Crippen LogP contribution in [0, 0.1) is 0 Å². The van der Waals surface area contributed by atoms with Crippen LogP contribution in [0.4, 0.5) is 0 Å². The minimum atomic E-state index is -0.230. The van der Waals surface area contributed by atoms with E-state index in [9.17, 15) is 9.59 Å². The van der Waals surface area contributed by atoms with Gasteiger partial charge in [-0.1, -0.05) is 41.9 Å². The van der Waals surface area contributed by atoms with Crippen molar-refractivity contribution in [3.63, 3.8) is 0 Å². The normalized spacial score (nSPS) is 12.8. The summed E-state index contributed by atoms with van der Waals surface area (Å²) in [7, 11) is 0. The first-order valence-electron chi connectivity index (χ1n) is 7.43. The zero-order valence-corrected chi connectivity index (χ0v) is 13.2. The Balaban J connectivity index is 1.56. The van der Waals surface area contributed by atoms with Crippen molar-refractivity contribution in [1.29, 1.82) is 0 Å². The van der Waals surface area contributed by atoms with Gasteiger partial charge in [-0.3, -0.25) is 9.59 Å². The third kappa shape index (κ3) is 3.54. The molecule has 0 saturated heterocycles. The van der Waals surface area contributed by atoms with Gasteiger partial charge in [-0.15, -0.1) is 0 Å². The number of carbonyl (C=O) groups is 2. The van der Waals surface area contributed by atoms with Crippen LogP contribution in [0.5, 0.6) is 5.75 Å². The lowest BCUT2D eigenvalue weighted by atomic mass is 10.1. The van der Waals surface area contributed by atoms with Crippen molar-refractivity contribution in [3.8, 4) is 5.75 Å². The molecule has 0 aromatic heterocycles. The van der Waals surface area contributed by atoms with Gasteiger partial charge in [-0.2, -0.15) is 0 Å². The molecule has 0 atom stereocenters. The Bertz CT molecular complexity index is 758. The van der Waals surface area contributed by atoms with Crippen LogP contribution in [0.15, 0.2) is 42.5 Å². The molecule has 0 aliphatic heterocycles. The molecule has 0 unspecified atom stereocenters. The fourth-order valence-corrected chi connectivity index (χ4v) is 2.83. The zero-order valence-electron chi connectivity index (χ0n) is 12.5. The molecule has 2 aromatic rings. The van der Waals surface area contributed by atoms with Gasteiger partial charge in [0.25, 0.3) is 5.91 Å². The summed E-state index contributed by atoms with van der Waals surface area (Å²) in [5.74, 6) is 0.515. The number of ether oxygens (including phenoxy) is 1. The van der Waals surface area contributed by atoms with Crippen LogP contribution in [-0.4, -0.2) is 18.3 Å². The topological polar surface area (TPSA) is 55.4 Å². The molecule has 5 heteroatoms. The number of hydrogen-bond donors (Lipinski definition) is 1. The van der Waals surface area contributed by atoms with E-state index in [1.165, 1.54) is 0 Å². The van der Waals surface area contributed by atoms with E-state index >= 15 is 0 Å². The molecule has 3 rings (SSSR count). The molecule has 118 valence electrons. The zero-order chi connectivity index (χ0) is 16.2. The monoisotopic (exact) mass is 329 g/mol. The van der Waals surface area contributed by atoms with E-state index in [-0.39, 0.29) is 18.3 Å². The summed E-state index contributed by atoms with van der Waals surface area (Å²) >= 11 is 6.04. The Morgan fingerprint density at radius 1 is 1.13 bits per heavy atom. The van der Waals surface area contributed by atoms with E-state index in [0.29, 0.717) is 35.7 Å². The van der Waals surface area contributed by atoms with Gasteiger partial charge in [-0.05, 0) is 24.1 Å². The van der Waals surface area contributed by atoms with Crippen molar-refractivity contribution in [2.45, 2.75) is 19.4 Å². The predicted molar refractivity (Wildman–Crippen MR) is 87.9 cm³/mol. The predicted octanol–water partition coefficient (Wildman–Crippen LogP) is 3.16. The summed E-state index contributed by atoms with van der Waals surface area (Å²) in [5.41, 5.74) is 2.46. The van der Waals surface area contributed by atoms with E-state index in [1.54, 1.807) is 24.3 Å². The summed E-state index contributed by atoms with van der Waals surface area (Å²) in [6.07, 6.45) is 1.18. The van der Waals surface area contributed by atoms with Gasteiger partial charge >= 0.3 is 0 Å². The summed E-state index contributed by atoms with van der Waals surface area (Å²) < 4.78 is 5.58. The second-order valence-electron chi connectivity index (χ2n) is 5.36. The third-order valence-electron chi connectivity index (χ3n) is 3.83. The van der Waals surface area contributed by atoms with E-state index < -0.39 is 0 Å². The number of Topliss-reactive ketones (excluding diaryl/α,β-unsaturated/α-hetero) is 1. The first kappa shape index (κ1) is 15.6. The fourth-order valence-electron chi connectivity index (χ4n) is 2.62. The van der Waals surface area contributed by atoms with Crippen LogP contribution in [0.2, 0.25) is 5.02 Å². The highest BCUT2D eigenvalue weighted by Gasteiger charge is 2.22. The lowest BCUT2D eigenvalue weighted by Crippen LogP contribution is -2.28. The largest absolute Gasteiger partial charge is 0.483 e. The first-order valence-corrected chi connectivity index (χ1v) is 7.81. The summed E-state index contributed by atoms with van der Waals surface area (Å²) in [6.45, 7) is 0.266. The highest BCUT2D eigenvalue weighted by molar-refractivity contribution is 6.31. The van der Waals surface area contributed by atoms with Gasteiger partial charge in [0.1, 0.15) is 5.75 Å². The van der Waals surface area contributed by atoms with E-state index in [4.69, 9.17) is 16.3 Å². The van der Waals surface area contributed by atoms with Gasteiger partial charge in [0, 0.05) is 29.1 Å². The quantitative estimate of drug-likeness (QED) is 0.916. The molecule has 1 amide bonds. The van der Waals surface area contributed by atoms with Gasteiger partial charge in [0.05, 0.1) is 0 Å². The number of ketones is 1. The molecule has 4 nitrogen and oxygen atoms in total. The minimum absolute atomic E-state index is 0.0882. The molecule has 1 aliphatic carbocycles. The van der Waals surface area contributed by atoms with Crippen LogP contribution < -0.4 is 10.1 Å². The first-order chi connectivity index (χ1) is 11.1. The van der Waals surface area contributed by atoms with E-state index in [1.807, 2.05) is 18.2 Å². The molecule has 1 N–H and O–H groups in total. The number of carbonyl (C=O) groups excluding carboxylic acids is 2. The molecule has 0 saturated carbocycles. The summed E-state index contributed by atoms with van der Waals surface area (Å²) in [6, 6.07) is 12.7. The Morgan fingerprint density at radius 2 is 1.96 bits per heavy atom. The number of halogens is 1. The van der Waals surface area contributed by atoms with Gasteiger partial charge < -0.3 is 10.1 Å². The number of rotatable bonds is 5. The molecule has 0 heterocycles. The van der Waals surface area contributed by atoms with Crippen molar-refractivity contribution >= 4 is 23.3 Å². The van der Waals surface area contributed by atoms with Crippen molar-refractivity contribution in [2.24, 2.45) is 0 Å². The van der Waals surface area contributed by atoms with Crippen molar-refractivity contribution in [3.05, 3.63) is 64.2 Å². The molecule has 0 fully saturated rings. The summed E-state index contributed by atoms with van der Waals surface area (Å²) in [5, 5.41) is 3.39. The number of benzene rings is 2. The average molecular weight is 330 g/mol. The average Bonchev–Trinajstić information content (AvgIpc) is 2.94. The highest BCUT2D eigenvalue weighted by Crippen LogP contribution is 2.30. The maximum atomic E-state index is 11.9. The van der Waals surface area contributed by atoms with E-state index in [2.05, 4.69) is 5.32 Å². The molecule has 2 aromatic carbocycles. The minimum Gasteiger partial charge on any atom is -0.483 e. The smallest absolute Gasteiger partial charge is 0.258 e. The second kappa shape index (κ2) is 6.84. The van der Waals surface area contributed by atoms with Gasteiger partial charge in [0.15, 0.2) is 12.4 Å². The molecule has 23 heavy (non-hydrogen) atoms. The van der Waals surface area contributed by atoms with Gasteiger partial charge in [-0.25, -0.2) is 0 Å². The van der Waals surface area contributed by atoms with Crippen molar-refractivity contribution in [2.75, 3.05) is 6.61 Å². The Hall–Kier alpha value is -2.33. The molecule has 0 radical (unpaired) electrons. The van der Waals surface area contributed by atoms with Gasteiger partial charge in [0.2, 0.25) is 0 Å². The maximum absolute atomic E-state index is 11.9. The Morgan fingerprint density at radius 3 is 2.78 bits per heavy atom. The number of fused-ring (bicyclic) bond motifs is 1. The fraction of sp³-hybridized carbons (Fsp3) is 0.222. The number of hydrogen-bond acceptors (Lipinski definition) is 3. The van der Waals surface area contributed by atoms with Crippen LogP contribution in [0.25, 0.3) is 0 Å². The standard InChI is InChI=1S/C18H16ClNO3/c19-15-6-2-1-4-12(15)10-20-18(22)11-23-17-7-3-5-13-14(17)8-9-16(13)21/h1-7H,8-11H2,(H,20,22). The molecular formula is C18H16ClNO3.